The molecule has 4 rings (SSSR count). The minimum atomic E-state index is -0.327. The van der Waals surface area contributed by atoms with Crippen LogP contribution in [0.4, 0.5) is 4.39 Å². The number of aryl methyl sites for hydroxylation is 1. The number of halogens is 1. The molecule has 0 aliphatic carbocycles. The molecule has 2 fully saturated rings. The number of rotatable bonds is 2. The molecule has 1 aromatic carbocycles. The average molecular weight is 343 g/mol. The first kappa shape index (κ1) is 16.1. The van der Waals surface area contributed by atoms with Gasteiger partial charge in [-0.25, -0.2) is 4.39 Å². The third-order valence-electron chi connectivity index (χ3n) is 5.78. The van der Waals surface area contributed by atoms with Crippen molar-refractivity contribution < 1.29 is 14.0 Å². The molecule has 25 heavy (non-hydrogen) atoms. The van der Waals surface area contributed by atoms with Gasteiger partial charge in [0.05, 0.1) is 18.0 Å². The molecular weight excluding hydrogens is 321 g/mol. The van der Waals surface area contributed by atoms with Crippen molar-refractivity contribution in [2.75, 3.05) is 6.54 Å². The van der Waals surface area contributed by atoms with Crippen LogP contribution in [-0.2, 0) is 16.0 Å². The summed E-state index contributed by atoms with van der Waals surface area (Å²) >= 11 is 0. The minimum Gasteiger partial charge on any atom is -0.358 e. The van der Waals surface area contributed by atoms with E-state index in [-0.39, 0.29) is 35.6 Å². The van der Waals surface area contributed by atoms with Gasteiger partial charge in [0.2, 0.25) is 11.8 Å². The standard InChI is InChI=1S/C19H22FN3O2/c1-11-13(14-9-12(20)3-4-15(14)21-11)10-18(25)23-8-7-19(2)16(23)5-6-17(24)22-19/h3-4,9,16,21H,5-8,10H2,1-2H3,(H,22,24)/t16-,19-/m0/s1. The van der Waals surface area contributed by atoms with Gasteiger partial charge < -0.3 is 15.2 Å². The van der Waals surface area contributed by atoms with Crippen molar-refractivity contribution in [3.05, 3.63) is 35.3 Å². The maximum absolute atomic E-state index is 13.6. The molecule has 3 heterocycles. The quantitative estimate of drug-likeness (QED) is 0.880. The zero-order valence-corrected chi connectivity index (χ0v) is 14.5. The summed E-state index contributed by atoms with van der Waals surface area (Å²) in [5.41, 5.74) is 2.27. The Morgan fingerprint density at radius 3 is 3.04 bits per heavy atom. The Morgan fingerprint density at radius 1 is 1.44 bits per heavy atom. The second-order valence-corrected chi connectivity index (χ2v) is 7.45. The van der Waals surface area contributed by atoms with Crippen LogP contribution in [0, 0.1) is 12.7 Å². The van der Waals surface area contributed by atoms with E-state index in [9.17, 15) is 14.0 Å². The van der Waals surface area contributed by atoms with Crippen LogP contribution in [0.3, 0.4) is 0 Å². The van der Waals surface area contributed by atoms with Gasteiger partial charge in [0, 0.05) is 29.6 Å². The van der Waals surface area contributed by atoms with Crippen molar-refractivity contribution in [2.45, 2.75) is 51.1 Å². The fourth-order valence-corrected chi connectivity index (χ4v) is 4.42. The smallest absolute Gasteiger partial charge is 0.227 e. The van der Waals surface area contributed by atoms with Gasteiger partial charge in [-0.3, -0.25) is 9.59 Å². The molecule has 2 N–H and O–H groups in total. The first-order valence-corrected chi connectivity index (χ1v) is 8.74. The van der Waals surface area contributed by atoms with Crippen LogP contribution in [0.25, 0.3) is 10.9 Å². The molecule has 0 saturated carbocycles. The van der Waals surface area contributed by atoms with Gasteiger partial charge in [0.1, 0.15) is 5.82 Å². The van der Waals surface area contributed by atoms with E-state index in [2.05, 4.69) is 10.3 Å². The SMILES string of the molecule is Cc1[nH]c2ccc(F)cc2c1CC(=O)N1CC[C@]2(C)NC(=O)CC[C@H]12. The lowest BCUT2D eigenvalue weighted by Gasteiger charge is -2.39. The molecule has 132 valence electrons. The highest BCUT2D eigenvalue weighted by molar-refractivity contribution is 5.90. The first-order chi connectivity index (χ1) is 11.9. The third kappa shape index (κ3) is 2.60. The number of carbonyl (C=O) groups excluding carboxylic acids is 2. The van der Waals surface area contributed by atoms with Gasteiger partial charge in [0.15, 0.2) is 0 Å². The van der Waals surface area contributed by atoms with Gasteiger partial charge in [-0.2, -0.15) is 0 Å². The van der Waals surface area contributed by atoms with Gasteiger partial charge in [-0.1, -0.05) is 0 Å². The number of aromatic amines is 1. The number of nitrogens with one attached hydrogen (secondary N) is 2. The van der Waals surface area contributed by atoms with Crippen molar-refractivity contribution in [2.24, 2.45) is 0 Å². The molecule has 2 saturated heterocycles. The molecular formula is C19H22FN3O2. The second-order valence-electron chi connectivity index (χ2n) is 7.45. The molecule has 2 aromatic rings. The van der Waals surface area contributed by atoms with E-state index in [0.29, 0.717) is 19.4 Å². The van der Waals surface area contributed by atoms with Crippen molar-refractivity contribution in [1.29, 1.82) is 0 Å². The molecule has 0 spiro atoms. The molecule has 2 amide bonds. The lowest BCUT2D eigenvalue weighted by Crippen LogP contribution is -2.59. The highest BCUT2D eigenvalue weighted by Gasteiger charge is 2.48. The summed E-state index contributed by atoms with van der Waals surface area (Å²) in [5, 5.41) is 3.83. The highest BCUT2D eigenvalue weighted by Crippen LogP contribution is 2.35. The molecule has 2 aliphatic heterocycles. The maximum Gasteiger partial charge on any atom is 0.227 e. The Balaban J connectivity index is 1.60. The van der Waals surface area contributed by atoms with E-state index in [1.165, 1.54) is 12.1 Å². The summed E-state index contributed by atoms with van der Waals surface area (Å²) in [6.07, 6.45) is 2.18. The monoisotopic (exact) mass is 343 g/mol. The maximum atomic E-state index is 13.6. The number of fused-ring (bicyclic) bond motifs is 2. The fraction of sp³-hybridized carbons (Fsp3) is 0.474. The number of nitrogens with zero attached hydrogens (tertiary/aromatic N) is 1. The molecule has 5 nitrogen and oxygen atoms in total. The molecule has 2 aliphatic rings. The van der Waals surface area contributed by atoms with Crippen molar-refractivity contribution in [3.8, 4) is 0 Å². The van der Waals surface area contributed by atoms with Crippen LogP contribution in [0.2, 0.25) is 0 Å². The van der Waals surface area contributed by atoms with Crippen LogP contribution in [0.15, 0.2) is 18.2 Å². The summed E-state index contributed by atoms with van der Waals surface area (Å²) < 4.78 is 13.6. The number of piperidine rings is 1. The predicted molar refractivity (Wildman–Crippen MR) is 92.6 cm³/mol. The van der Waals surface area contributed by atoms with Crippen LogP contribution in [-0.4, -0.2) is 39.8 Å². The molecule has 0 radical (unpaired) electrons. The van der Waals surface area contributed by atoms with Crippen LogP contribution >= 0.6 is 0 Å². The fourth-order valence-electron chi connectivity index (χ4n) is 4.42. The van der Waals surface area contributed by atoms with Gasteiger partial charge in [0.25, 0.3) is 0 Å². The Bertz CT molecular complexity index is 875. The number of hydrogen-bond acceptors (Lipinski definition) is 2. The van der Waals surface area contributed by atoms with E-state index in [4.69, 9.17) is 0 Å². The number of amides is 2. The number of H-pyrrole nitrogens is 1. The van der Waals surface area contributed by atoms with Crippen molar-refractivity contribution in [1.82, 2.24) is 15.2 Å². The summed E-state index contributed by atoms with van der Waals surface area (Å²) in [4.78, 5) is 29.8. The molecule has 6 heteroatoms. The van der Waals surface area contributed by atoms with E-state index < -0.39 is 0 Å². The summed E-state index contributed by atoms with van der Waals surface area (Å²) in [5.74, 6) is -0.196. The van der Waals surface area contributed by atoms with E-state index in [1.807, 2.05) is 18.7 Å². The molecule has 0 bridgehead atoms. The number of hydrogen-bond donors (Lipinski definition) is 2. The first-order valence-electron chi connectivity index (χ1n) is 8.74. The van der Waals surface area contributed by atoms with Gasteiger partial charge in [-0.05, 0) is 50.5 Å². The number of likely N-dealkylation sites (tertiary alicyclic amines) is 1. The zero-order chi connectivity index (χ0) is 17.8. The summed E-state index contributed by atoms with van der Waals surface area (Å²) in [7, 11) is 0. The second kappa shape index (κ2) is 5.58. The van der Waals surface area contributed by atoms with Crippen LogP contribution in [0.5, 0.6) is 0 Å². The van der Waals surface area contributed by atoms with E-state index >= 15 is 0 Å². The number of aromatic nitrogens is 1. The van der Waals surface area contributed by atoms with E-state index in [0.717, 1.165) is 28.6 Å². The normalized spacial score (nSPS) is 26.0. The van der Waals surface area contributed by atoms with Crippen LogP contribution < -0.4 is 5.32 Å². The molecule has 2 atom stereocenters. The van der Waals surface area contributed by atoms with Gasteiger partial charge in [-0.15, -0.1) is 0 Å². The summed E-state index contributed by atoms with van der Waals surface area (Å²) in [6.45, 7) is 4.58. The number of benzene rings is 1. The zero-order valence-electron chi connectivity index (χ0n) is 14.5. The van der Waals surface area contributed by atoms with Crippen LogP contribution in [0.1, 0.15) is 37.4 Å². The van der Waals surface area contributed by atoms with Crippen molar-refractivity contribution in [3.63, 3.8) is 0 Å². The van der Waals surface area contributed by atoms with Gasteiger partial charge >= 0.3 is 0 Å². The summed E-state index contributed by atoms with van der Waals surface area (Å²) in [6, 6.07) is 4.64. The third-order valence-corrected chi connectivity index (χ3v) is 5.78. The Hall–Kier alpha value is -2.37. The Kier molecular flexibility index (Phi) is 3.60. The highest BCUT2D eigenvalue weighted by atomic mass is 19.1. The topological polar surface area (TPSA) is 65.2 Å². The minimum absolute atomic E-state index is 0.0399. The predicted octanol–water partition coefficient (Wildman–Crippen LogP) is 2.43. The number of carbonyl (C=O) groups is 2. The lowest BCUT2D eigenvalue weighted by molar-refractivity contribution is -0.135. The average Bonchev–Trinajstić information content (AvgIpc) is 3.04. The van der Waals surface area contributed by atoms with Crippen molar-refractivity contribution >= 4 is 22.7 Å². The van der Waals surface area contributed by atoms with E-state index in [1.54, 1.807) is 6.07 Å². The molecule has 1 aromatic heterocycles. The molecule has 0 unspecified atom stereocenters. The lowest BCUT2D eigenvalue weighted by atomic mass is 9.85. The Morgan fingerprint density at radius 2 is 2.24 bits per heavy atom. The largest absolute Gasteiger partial charge is 0.358 e. The Labute approximate surface area is 145 Å².